The average molecular weight is 153 g/mol. The van der Waals surface area contributed by atoms with Crippen molar-refractivity contribution in [2.45, 2.75) is 33.1 Å². The van der Waals surface area contributed by atoms with Crippen molar-refractivity contribution in [1.29, 1.82) is 0 Å². The molecule has 0 amide bonds. The van der Waals surface area contributed by atoms with Crippen LogP contribution in [0.15, 0.2) is 0 Å². The van der Waals surface area contributed by atoms with E-state index in [0.717, 1.165) is 5.92 Å². The first kappa shape index (κ1) is 7.60. The zero-order chi connectivity index (χ0) is 7.90. The summed E-state index contributed by atoms with van der Waals surface area (Å²) in [6, 6.07) is 0. The number of rotatable bonds is 1. The topological polar surface area (TPSA) is 3.24 Å². The van der Waals surface area contributed by atoms with Crippen LogP contribution in [0, 0.1) is 11.3 Å². The van der Waals surface area contributed by atoms with Gasteiger partial charge in [-0.3, -0.25) is 0 Å². The number of hydrogen-bond donors (Lipinski definition) is 0. The summed E-state index contributed by atoms with van der Waals surface area (Å²) in [5.41, 5.74) is 0.663. The highest BCUT2D eigenvalue weighted by molar-refractivity contribution is 4.93. The Balaban J connectivity index is 2.13. The molecular formula is C10H19N. The molecule has 3 aliphatic rings. The third-order valence-electron chi connectivity index (χ3n) is 3.97. The summed E-state index contributed by atoms with van der Waals surface area (Å²) in [5.74, 6) is 1.04. The van der Waals surface area contributed by atoms with Crippen LogP contribution in [0.5, 0.6) is 0 Å². The van der Waals surface area contributed by atoms with E-state index < -0.39 is 0 Å². The van der Waals surface area contributed by atoms with Gasteiger partial charge in [0.1, 0.15) is 0 Å². The van der Waals surface area contributed by atoms with Gasteiger partial charge in [0.25, 0.3) is 0 Å². The highest BCUT2D eigenvalue weighted by atomic mass is 15.2. The standard InChI is InChI=1S/C10H19N/c1-3-10(2)8-11-6-4-9(10)5-7-11/h9H,3-8H2,1-2H3/t10-/m0/s1. The number of hydrogen-bond acceptors (Lipinski definition) is 1. The fraction of sp³-hybridized carbons (Fsp3) is 1.00. The smallest absolute Gasteiger partial charge is 0.00379 e. The Bertz CT molecular complexity index is 147. The second-order valence-corrected chi connectivity index (χ2v) is 4.56. The van der Waals surface area contributed by atoms with E-state index in [1.165, 1.54) is 38.9 Å². The Hall–Kier alpha value is -0.0400. The third kappa shape index (κ3) is 1.10. The Morgan fingerprint density at radius 1 is 1.36 bits per heavy atom. The number of fused-ring (bicyclic) bond motifs is 3. The number of nitrogens with zero attached hydrogens (tertiary/aromatic N) is 1. The second kappa shape index (κ2) is 2.48. The van der Waals surface area contributed by atoms with Gasteiger partial charge >= 0.3 is 0 Å². The van der Waals surface area contributed by atoms with Crippen LogP contribution in [-0.2, 0) is 0 Å². The Morgan fingerprint density at radius 3 is 2.27 bits per heavy atom. The molecule has 2 bridgehead atoms. The van der Waals surface area contributed by atoms with Gasteiger partial charge in [0.05, 0.1) is 0 Å². The van der Waals surface area contributed by atoms with Gasteiger partial charge in [-0.25, -0.2) is 0 Å². The molecule has 3 heterocycles. The molecule has 0 saturated carbocycles. The van der Waals surface area contributed by atoms with E-state index in [9.17, 15) is 0 Å². The van der Waals surface area contributed by atoms with Gasteiger partial charge in [-0.2, -0.15) is 0 Å². The summed E-state index contributed by atoms with van der Waals surface area (Å²) < 4.78 is 0. The van der Waals surface area contributed by atoms with E-state index >= 15 is 0 Å². The van der Waals surface area contributed by atoms with E-state index in [4.69, 9.17) is 0 Å². The van der Waals surface area contributed by atoms with Crippen molar-refractivity contribution in [3.05, 3.63) is 0 Å². The van der Waals surface area contributed by atoms with Crippen molar-refractivity contribution >= 4 is 0 Å². The quantitative estimate of drug-likeness (QED) is 0.558. The molecule has 0 aromatic heterocycles. The summed E-state index contributed by atoms with van der Waals surface area (Å²) in [6.07, 6.45) is 4.29. The summed E-state index contributed by atoms with van der Waals surface area (Å²) in [5, 5.41) is 0. The van der Waals surface area contributed by atoms with Crippen LogP contribution in [0.2, 0.25) is 0 Å². The van der Waals surface area contributed by atoms with Crippen LogP contribution in [0.25, 0.3) is 0 Å². The van der Waals surface area contributed by atoms with Crippen molar-refractivity contribution in [2.24, 2.45) is 11.3 Å². The molecule has 11 heavy (non-hydrogen) atoms. The zero-order valence-electron chi connectivity index (χ0n) is 7.77. The maximum absolute atomic E-state index is 2.64. The Morgan fingerprint density at radius 2 is 2.00 bits per heavy atom. The SMILES string of the molecule is CC[C@@]1(C)CN2CCC1CC2. The number of piperidine rings is 3. The molecule has 0 aromatic rings. The van der Waals surface area contributed by atoms with Gasteiger partial charge in [-0.15, -0.1) is 0 Å². The molecule has 3 saturated heterocycles. The molecule has 0 N–H and O–H groups in total. The Kier molecular flexibility index (Phi) is 1.71. The first-order valence-electron chi connectivity index (χ1n) is 4.97. The van der Waals surface area contributed by atoms with Crippen molar-refractivity contribution < 1.29 is 0 Å². The van der Waals surface area contributed by atoms with Gasteiger partial charge in [-0.05, 0) is 43.7 Å². The summed E-state index contributed by atoms with van der Waals surface area (Å²) >= 11 is 0. The van der Waals surface area contributed by atoms with Gasteiger partial charge in [0, 0.05) is 6.54 Å². The highest BCUT2D eigenvalue weighted by Gasteiger charge is 2.41. The molecule has 0 unspecified atom stereocenters. The summed E-state index contributed by atoms with van der Waals surface area (Å²) in [6.45, 7) is 8.94. The molecule has 64 valence electrons. The van der Waals surface area contributed by atoms with Gasteiger partial charge in [0.15, 0.2) is 0 Å². The van der Waals surface area contributed by atoms with E-state index in [0.29, 0.717) is 5.41 Å². The van der Waals surface area contributed by atoms with Crippen LogP contribution >= 0.6 is 0 Å². The molecule has 1 nitrogen and oxygen atoms in total. The molecule has 3 rings (SSSR count). The zero-order valence-corrected chi connectivity index (χ0v) is 7.77. The van der Waals surface area contributed by atoms with Gasteiger partial charge < -0.3 is 4.90 Å². The van der Waals surface area contributed by atoms with E-state index in [2.05, 4.69) is 18.7 Å². The first-order valence-corrected chi connectivity index (χ1v) is 4.97. The molecule has 3 aliphatic heterocycles. The van der Waals surface area contributed by atoms with Gasteiger partial charge in [0.2, 0.25) is 0 Å². The molecule has 0 aromatic carbocycles. The van der Waals surface area contributed by atoms with Crippen LogP contribution in [-0.4, -0.2) is 24.5 Å². The monoisotopic (exact) mass is 153 g/mol. The van der Waals surface area contributed by atoms with E-state index in [1.807, 2.05) is 0 Å². The first-order chi connectivity index (χ1) is 5.24. The van der Waals surface area contributed by atoms with Crippen molar-refractivity contribution in [3.63, 3.8) is 0 Å². The molecule has 0 radical (unpaired) electrons. The van der Waals surface area contributed by atoms with Crippen molar-refractivity contribution in [2.75, 3.05) is 19.6 Å². The van der Waals surface area contributed by atoms with Gasteiger partial charge in [-0.1, -0.05) is 13.8 Å². The molecule has 1 atom stereocenters. The van der Waals surface area contributed by atoms with E-state index in [-0.39, 0.29) is 0 Å². The maximum atomic E-state index is 2.64. The minimum absolute atomic E-state index is 0.663. The highest BCUT2D eigenvalue weighted by Crippen LogP contribution is 2.43. The van der Waals surface area contributed by atoms with Crippen LogP contribution < -0.4 is 0 Å². The lowest BCUT2D eigenvalue weighted by Crippen LogP contribution is -2.52. The van der Waals surface area contributed by atoms with Crippen LogP contribution in [0.3, 0.4) is 0 Å². The molecule has 0 aliphatic carbocycles. The predicted octanol–water partition coefficient (Wildman–Crippen LogP) is 2.13. The molecule has 3 fully saturated rings. The maximum Gasteiger partial charge on any atom is 0.00379 e. The Labute approximate surface area is 69.8 Å². The van der Waals surface area contributed by atoms with Crippen molar-refractivity contribution in [1.82, 2.24) is 4.90 Å². The van der Waals surface area contributed by atoms with Crippen LogP contribution in [0.1, 0.15) is 33.1 Å². The largest absolute Gasteiger partial charge is 0.303 e. The fourth-order valence-corrected chi connectivity index (χ4v) is 2.83. The van der Waals surface area contributed by atoms with E-state index in [1.54, 1.807) is 0 Å². The third-order valence-corrected chi connectivity index (χ3v) is 3.97. The van der Waals surface area contributed by atoms with Crippen LogP contribution in [0.4, 0.5) is 0 Å². The lowest BCUT2D eigenvalue weighted by atomic mass is 9.66. The lowest BCUT2D eigenvalue weighted by molar-refractivity contribution is -0.0190. The lowest BCUT2D eigenvalue weighted by Gasteiger charge is -2.51. The normalized spacial score (nSPS) is 49.6. The molecule has 0 spiro atoms. The minimum Gasteiger partial charge on any atom is -0.303 e. The van der Waals surface area contributed by atoms with Crippen molar-refractivity contribution in [3.8, 4) is 0 Å². The average Bonchev–Trinajstić information content (AvgIpc) is 2.06. The minimum atomic E-state index is 0.663. The second-order valence-electron chi connectivity index (χ2n) is 4.56. The summed E-state index contributed by atoms with van der Waals surface area (Å²) in [7, 11) is 0. The molecule has 1 heteroatoms. The molecular weight excluding hydrogens is 134 g/mol. The fourth-order valence-electron chi connectivity index (χ4n) is 2.83. The predicted molar refractivity (Wildman–Crippen MR) is 47.6 cm³/mol. The summed E-state index contributed by atoms with van der Waals surface area (Å²) in [4.78, 5) is 2.64.